The van der Waals surface area contributed by atoms with E-state index >= 15 is 0 Å². The van der Waals surface area contributed by atoms with Crippen LogP contribution in [0.2, 0.25) is 0 Å². The van der Waals surface area contributed by atoms with Crippen LogP contribution in [0, 0.1) is 5.92 Å². The summed E-state index contributed by atoms with van der Waals surface area (Å²) in [7, 11) is 1.37. The summed E-state index contributed by atoms with van der Waals surface area (Å²) in [5, 5.41) is 10.3. The molecule has 0 saturated heterocycles. The number of carbonyl (C=O) groups is 1. The van der Waals surface area contributed by atoms with E-state index in [2.05, 4.69) is 6.92 Å². The van der Waals surface area contributed by atoms with Crippen LogP contribution in [-0.4, -0.2) is 23.8 Å². The van der Waals surface area contributed by atoms with Crippen molar-refractivity contribution in [2.45, 2.75) is 64.9 Å². The lowest BCUT2D eigenvalue weighted by atomic mass is 9.83. The van der Waals surface area contributed by atoms with Crippen molar-refractivity contribution >= 4 is 5.97 Å². The lowest BCUT2D eigenvalue weighted by Gasteiger charge is -2.30. The highest BCUT2D eigenvalue weighted by molar-refractivity contribution is 5.73. The summed E-state index contributed by atoms with van der Waals surface area (Å²) >= 11 is 0. The van der Waals surface area contributed by atoms with Gasteiger partial charge in [-0.15, -0.1) is 0 Å². The molecule has 0 aromatic heterocycles. The molecule has 0 bridgehead atoms. The zero-order chi connectivity index (χ0) is 12.6. The second kappa shape index (κ2) is 7.66. The van der Waals surface area contributed by atoms with Crippen molar-refractivity contribution in [2.75, 3.05) is 7.11 Å². The fourth-order valence-electron chi connectivity index (χ4n) is 2.09. The number of methoxy groups -OCH3 is 1. The summed E-state index contributed by atoms with van der Waals surface area (Å²) in [4.78, 5) is 11.5. The zero-order valence-electron chi connectivity index (χ0n) is 11.1. The number of hydrogen-bond donors (Lipinski definition) is 1. The number of carbonyl (C=O) groups excluding carboxylic acids is 1. The highest BCUT2D eigenvalue weighted by Crippen LogP contribution is 2.27. The fraction of sp³-hybridized carbons (Fsp3) is 0.923. The first-order valence-corrected chi connectivity index (χ1v) is 6.29. The molecular weight excluding hydrogens is 204 g/mol. The van der Waals surface area contributed by atoms with Crippen molar-refractivity contribution in [3.05, 3.63) is 0 Å². The molecule has 1 N–H and O–H groups in total. The normalized spacial score (nSPS) is 16.6. The predicted octanol–water partition coefficient (Wildman–Crippen LogP) is 2.91. The molecule has 2 unspecified atom stereocenters. The van der Waals surface area contributed by atoms with Gasteiger partial charge in [0.25, 0.3) is 0 Å². The number of ether oxygens (including phenoxy) is 1. The SMILES string of the molecule is CCCCCCC(C)(O)C(CC)C(=O)OC. The second-order valence-corrected chi connectivity index (χ2v) is 4.65. The zero-order valence-corrected chi connectivity index (χ0v) is 11.1. The summed E-state index contributed by atoms with van der Waals surface area (Å²) in [6.07, 6.45) is 5.73. The first kappa shape index (κ1) is 15.4. The molecule has 0 radical (unpaired) electrons. The van der Waals surface area contributed by atoms with E-state index in [-0.39, 0.29) is 5.97 Å². The van der Waals surface area contributed by atoms with Crippen LogP contribution < -0.4 is 0 Å². The van der Waals surface area contributed by atoms with Gasteiger partial charge in [0.15, 0.2) is 0 Å². The number of rotatable bonds is 8. The van der Waals surface area contributed by atoms with Gasteiger partial charge < -0.3 is 9.84 Å². The van der Waals surface area contributed by atoms with Crippen molar-refractivity contribution in [3.63, 3.8) is 0 Å². The average molecular weight is 230 g/mol. The highest BCUT2D eigenvalue weighted by Gasteiger charge is 2.36. The van der Waals surface area contributed by atoms with Crippen LogP contribution in [0.3, 0.4) is 0 Å². The van der Waals surface area contributed by atoms with Gasteiger partial charge in [-0.2, -0.15) is 0 Å². The summed E-state index contributed by atoms with van der Waals surface area (Å²) in [6.45, 7) is 5.80. The second-order valence-electron chi connectivity index (χ2n) is 4.65. The first-order valence-electron chi connectivity index (χ1n) is 6.29. The molecular formula is C13H26O3. The fourth-order valence-corrected chi connectivity index (χ4v) is 2.09. The standard InChI is InChI=1S/C13H26O3/c1-5-7-8-9-10-13(3,15)11(6-2)12(14)16-4/h11,15H,5-10H2,1-4H3. The van der Waals surface area contributed by atoms with Crippen molar-refractivity contribution < 1.29 is 14.6 Å². The van der Waals surface area contributed by atoms with E-state index in [9.17, 15) is 9.90 Å². The Kier molecular flexibility index (Phi) is 7.39. The maximum absolute atomic E-state index is 11.5. The smallest absolute Gasteiger partial charge is 0.311 e. The minimum atomic E-state index is -0.935. The van der Waals surface area contributed by atoms with Gasteiger partial charge in [-0.3, -0.25) is 4.79 Å². The van der Waals surface area contributed by atoms with E-state index in [0.717, 1.165) is 12.8 Å². The largest absolute Gasteiger partial charge is 0.469 e. The topological polar surface area (TPSA) is 46.5 Å². The molecule has 0 fully saturated rings. The van der Waals surface area contributed by atoms with Crippen LogP contribution in [0.25, 0.3) is 0 Å². The van der Waals surface area contributed by atoms with Gasteiger partial charge in [0.1, 0.15) is 0 Å². The van der Waals surface area contributed by atoms with Crippen LogP contribution in [0.5, 0.6) is 0 Å². The number of unbranched alkanes of at least 4 members (excludes halogenated alkanes) is 3. The molecule has 3 heteroatoms. The van der Waals surface area contributed by atoms with E-state index in [1.807, 2.05) is 6.92 Å². The van der Waals surface area contributed by atoms with Crippen LogP contribution in [0.1, 0.15) is 59.3 Å². The molecule has 0 aliphatic rings. The minimum Gasteiger partial charge on any atom is -0.469 e. The molecule has 0 aromatic rings. The molecule has 16 heavy (non-hydrogen) atoms. The van der Waals surface area contributed by atoms with Crippen molar-refractivity contribution in [2.24, 2.45) is 5.92 Å². The predicted molar refractivity (Wildman–Crippen MR) is 65.2 cm³/mol. The van der Waals surface area contributed by atoms with Crippen molar-refractivity contribution in [1.82, 2.24) is 0 Å². The Balaban J connectivity index is 4.20. The van der Waals surface area contributed by atoms with E-state index in [1.54, 1.807) is 6.92 Å². The third-order valence-corrected chi connectivity index (χ3v) is 3.18. The lowest BCUT2D eigenvalue weighted by molar-refractivity contribution is -0.155. The van der Waals surface area contributed by atoms with Gasteiger partial charge in [-0.25, -0.2) is 0 Å². The van der Waals surface area contributed by atoms with Crippen molar-refractivity contribution in [1.29, 1.82) is 0 Å². The molecule has 0 aliphatic carbocycles. The first-order chi connectivity index (χ1) is 7.49. The number of hydrogen-bond acceptors (Lipinski definition) is 3. The molecule has 2 atom stereocenters. The van der Waals surface area contributed by atoms with Crippen molar-refractivity contribution in [3.8, 4) is 0 Å². The molecule has 96 valence electrons. The van der Waals surface area contributed by atoms with Crippen LogP contribution in [-0.2, 0) is 9.53 Å². The Labute approximate surface area is 99.2 Å². The maximum Gasteiger partial charge on any atom is 0.311 e. The summed E-state index contributed by atoms with van der Waals surface area (Å²) in [6, 6.07) is 0. The molecule has 0 heterocycles. The summed E-state index contributed by atoms with van der Waals surface area (Å²) in [5.41, 5.74) is -0.935. The highest BCUT2D eigenvalue weighted by atomic mass is 16.5. The number of esters is 1. The van der Waals surface area contributed by atoms with Gasteiger partial charge >= 0.3 is 5.97 Å². The number of aliphatic hydroxyl groups is 1. The molecule has 0 rings (SSSR count). The third-order valence-electron chi connectivity index (χ3n) is 3.18. The Morgan fingerprint density at radius 3 is 2.38 bits per heavy atom. The van der Waals surface area contributed by atoms with Crippen LogP contribution >= 0.6 is 0 Å². The molecule has 3 nitrogen and oxygen atoms in total. The van der Waals surface area contributed by atoms with E-state index in [1.165, 1.54) is 20.0 Å². The van der Waals surface area contributed by atoms with Gasteiger partial charge in [-0.05, 0) is 19.8 Å². The van der Waals surface area contributed by atoms with Crippen LogP contribution in [0.4, 0.5) is 0 Å². The quantitative estimate of drug-likeness (QED) is 0.515. The van der Waals surface area contributed by atoms with E-state index in [0.29, 0.717) is 12.8 Å². The van der Waals surface area contributed by atoms with Gasteiger partial charge in [-0.1, -0.05) is 39.5 Å². The average Bonchev–Trinajstić information content (AvgIpc) is 2.24. The van der Waals surface area contributed by atoms with Gasteiger partial charge in [0, 0.05) is 0 Å². The lowest BCUT2D eigenvalue weighted by Crippen LogP contribution is -2.39. The maximum atomic E-state index is 11.5. The molecule has 0 aromatic carbocycles. The Morgan fingerprint density at radius 2 is 1.94 bits per heavy atom. The third kappa shape index (κ3) is 4.97. The Hall–Kier alpha value is -0.570. The molecule has 0 amide bonds. The summed E-state index contributed by atoms with van der Waals surface area (Å²) < 4.78 is 4.72. The van der Waals surface area contributed by atoms with Gasteiger partial charge in [0.2, 0.25) is 0 Å². The molecule has 0 saturated carbocycles. The monoisotopic (exact) mass is 230 g/mol. The van der Waals surface area contributed by atoms with E-state index in [4.69, 9.17) is 4.74 Å². The molecule has 0 spiro atoms. The van der Waals surface area contributed by atoms with Crippen LogP contribution in [0.15, 0.2) is 0 Å². The minimum absolute atomic E-state index is 0.303. The van der Waals surface area contributed by atoms with E-state index < -0.39 is 11.5 Å². The molecule has 0 aliphatic heterocycles. The summed E-state index contributed by atoms with van der Waals surface area (Å²) in [5.74, 6) is -0.706. The Morgan fingerprint density at radius 1 is 1.31 bits per heavy atom. The Bertz CT molecular complexity index is 199. The van der Waals surface area contributed by atoms with Gasteiger partial charge in [0.05, 0.1) is 18.6 Å².